The molecule has 0 aliphatic carbocycles. The number of hydrogen-bond donors (Lipinski definition) is 1. The van der Waals surface area contributed by atoms with E-state index < -0.39 is 16.1 Å². The summed E-state index contributed by atoms with van der Waals surface area (Å²) in [4.78, 5) is 2.32. The largest absolute Gasteiger partial charge is 0.489 e. The molecule has 1 atom stereocenters. The third kappa shape index (κ3) is 5.37. The molecule has 3 rings (SSSR count). The van der Waals surface area contributed by atoms with Crippen LogP contribution in [0.15, 0.2) is 53.4 Å². The molecule has 1 fully saturated rings. The highest BCUT2D eigenvalue weighted by Gasteiger charge is 2.28. The molecular weight excluding hydrogens is 423 g/mol. The molecule has 1 saturated heterocycles. The Morgan fingerprint density at radius 1 is 1.04 bits per heavy atom. The number of sulfonamides is 1. The van der Waals surface area contributed by atoms with E-state index >= 15 is 0 Å². The van der Waals surface area contributed by atoms with E-state index in [0.29, 0.717) is 53.4 Å². The summed E-state index contributed by atoms with van der Waals surface area (Å²) < 4.78 is 32.3. The number of halogens is 2. The van der Waals surface area contributed by atoms with Crippen molar-refractivity contribution in [1.82, 2.24) is 9.21 Å². The Hall–Kier alpha value is -1.35. The maximum absolute atomic E-state index is 12.6. The van der Waals surface area contributed by atoms with E-state index in [9.17, 15) is 13.5 Å². The minimum atomic E-state index is -3.47. The number of benzene rings is 2. The zero-order valence-corrected chi connectivity index (χ0v) is 17.5. The molecule has 152 valence electrons. The standard InChI is InChI=1S/C19H22Cl2N2O4S/c20-15-6-7-19(18(21)12-15)27-14-16(24)13-22-8-10-23(11-9-22)28(25,26)17-4-2-1-3-5-17/h1-7,12,16,24H,8-11,13-14H2. The lowest BCUT2D eigenvalue weighted by molar-refractivity contribution is 0.0569. The van der Waals surface area contributed by atoms with Gasteiger partial charge in [0.15, 0.2) is 0 Å². The monoisotopic (exact) mass is 444 g/mol. The molecule has 9 heteroatoms. The Morgan fingerprint density at radius 3 is 2.36 bits per heavy atom. The highest BCUT2D eigenvalue weighted by Crippen LogP contribution is 2.27. The lowest BCUT2D eigenvalue weighted by Gasteiger charge is -2.34. The number of rotatable bonds is 7. The van der Waals surface area contributed by atoms with Gasteiger partial charge < -0.3 is 9.84 Å². The van der Waals surface area contributed by atoms with Gasteiger partial charge in [0, 0.05) is 37.7 Å². The summed E-state index contributed by atoms with van der Waals surface area (Å²) in [6.45, 7) is 2.34. The minimum Gasteiger partial charge on any atom is -0.489 e. The molecule has 0 saturated carbocycles. The quantitative estimate of drug-likeness (QED) is 0.710. The van der Waals surface area contributed by atoms with Crippen LogP contribution < -0.4 is 4.74 Å². The maximum atomic E-state index is 12.6. The van der Waals surface area contributed by atoms with Gasteiger partial charge in [-0.1, -0.05) is 41.4 Å². The van der Waals surface area contributed by atoms with Crippen molar-refractivity contribution in [1.29, 1.82) is 0 Å². The van der Waals surface area contributed by atoms with Crippen LogP contribution in [0.2, 0.25) is 10.0 Å². The van der Waals surface area contributed by atoms with Crippen molar-refractivity contribution in [2.75, 3.05) is 39.3 Å². The predicted octanol–water partition coefficient (Wildman–Crippen LogP) is 2.74. The molecule has 1 heterocycles. The third-order valence-electron chi connectivity index (χ3n) is 4.51. The van der Waals surface area contributed by atoms with Gasteiger partial charge in [0.05, 0.1) is 9.92 Å². The molecule has 0 amide bonds. The van der Waals surface area contributed by atoms with E-state index in [1.54, 1.807) is 48.5 Å². The van der Waals surface area contributed by atoms with Crippen molar-refractivity contribution in [3.63, 3.8) is 0 Å². The van der Waals surface area contributed by atoms with Crippen LogP contribution in [0.25, 0.3) is 0 Å². The summed E-state index contributed by atoms with van der Waals surface area (Å²) in [5.74, 6) is 0.462. The first-order valence-electron chi connectivity index (χ1n) is 8.90. The smallest absolute Gasteiger partial charge is 0.243 e. The molecule has 0 radical (unpaired) electrons. The summed E-state index contributed by atoms with van der Waals surface area (Å²) in [7, 11) is -3.47. The van der Waals surface area contributed by atoms with Crippen molar-refractivity contribution < 1.29 is 18.3 Å². The van der Waals surface area contributed by atoms with Crippen LogP contribution in [-0.4, -0.2) is 68.2 Å². The van der Waals surface area contributed by atoms with Crippen LogP contribution in [0.5, 0.6) is 5.75 Å². The van der Waals surface area contributed by atoms with Gasteiger partial charge in [-0.05, 0) is 30.3 Å². The first-order chi connectivity index (χ1) is 13.4. The molecule has 1 unspecified atom stereocenters. The zero-order chi connectivity index (χ0) is 20.1. The van der Waals surface area contributed by atoms with E-state index in [1.165, 1.54) is 4.31 Å². The molecule has 1 N–H and O–H groups in total. The van der Waals surface area contributed by atoms with E-state index in [-0.39, 0.29) is 6.61 Å². The number of nitrogens with zero attached hydrogens (tertiary/aromatic N) is 2. The molecule has 6 nitrogen and oxygen atoms in total. The Morgan fingerprint density at radius 2 is 1.71 bits per heavy atom. The average Bonchev–Trinajstić information content (AvgIpc) is 2.68. The first kappa shape index (κ1) is 21.4. The number of ether oxygens (including phenoxy) is 1. The van der Waals surface area contributed by atoms with Crippen LogP contribution in [0.3, 0.4) is 0 Å². The van der Waals surface area contributed by atoms with E-state index in [2.05, 4.69) is 0 Å². The summed E-state index contributed by atoms with van der Waals surface area (Å²) in [6, 6.07) is 13.3. The highest BCUT2D eigenvalue weighted by molar-refractivity contribution is 7.89. The normalized spacial score (nSPS) is 17.4. The van der Waals surface area contributed by atoms with Crippen LogP contribution in [-0.2, 0) is 10.0 Å². The lowest BCUT2D eigenvalue weighted by Crippen LogP contribution is -2.50. The van der Waals surface area contributed by atoms with Crippen LogP contribution >= 0.6 is 23.2 Å². The Bertz CT molecular complexity index is 888. The van der Waals surface area contributed by atoms with Crippen molar-refractivity contribution in [2.45, 2.75) is 11.0 Å². The van der Waals surface area contributed by atoms with Gasteiger partial charge in [-0.3, -0.25) is 4.90 Å². The molecule has 0 bridgehead atoms. The number of hydrogen-bond acceptors (Lipinski definition) is 5. The predicted molar refractivity (Wildman–Crippen MR) is 110 cm³/mol. The Kier molecular flexibility index (Phi) is 7.20. The van der Waals surface area contributed by atoms with Gasteiger partial charge in [-0.15, -0.1) is 0 Å². The van der Waals surface area contributed by atoms with E-state index in [4.69, 9.17) is 27.9 Å². The van der Waals surface area contributed by atoms with Crippen LogP contribution in [0.1, 0.15) is 0 Å². The number of β-amino-alcohol motifs (C(OH)–C–C–N with tert-alkyl or cyclic N) is 1. The number of aliphatic hydroxyl groups is 1. The fourth-order valence-corrected chi connectivity index (χ4v) is 4.93. The lowest BCUT2D eigenvalue weighted by atomic mass is 10.3. The molecule has 1 aliphatic rings. The van der Waals surface area contributed by atoms with Gasteiger partial charge in [0.1, 0.15) is 18.5 Å². The Labute approximate surface area is 175 Å². The number of aliphatic hydroxyl groups excluding tert-OH is 1. The van der Waals surface area contributed by atoms with E-state index in [1.807, 2.05) is 4.90 Å². The maximum Gasteiger partial charge on any atom is 0.243 e. The molecule has 2 aromatic rings. The van der Waals surface area contributed by atoms with Gasteiger partial charge in [-0.2, -0.15) is 4.31 Å². The molecule has 0 aromatic heterocycles. The molecule has 28 heavy (non-hydrogen) atoms. The van der Waals surface area contributed by atoms with Crippen LogP contribution in [0.4, 0.5) is 0 Å². The van der Waals surface area contributed by atoms with Gasteiger partial charge in [-0.25, -0.2) is 8.42 Å². The van der Waals surface area contributed by atoms with Gasteiger partial charge in [0.2, 0.25) is 10.0 Å². The first-order valence-corrected chi connectivity index (χ1v) is 11.1. The van der Waals surface area contributed by atoms with Crippen molar-refractivity contribution >= 4 is 33.2 Å². The third-order valence-corrected chi connectivity index (χ3v) is 6.95. The highest BCUT2D eigenvalue weighted by atomic mass is 35.5. The average molecular weight is 445 g/mol. The fourth-order valence-electron chi connectivity index (χ4n) is 3.02. The van der Waals surface area contributed by atoms with Crippen LogP contribution in [0, 0.1) is 0 Å². The molecule has 0 spiro atoms. The molecular formula is C19H22Cl2N2O4S. The summed E-state index contributed by atoms with van der Waals surface area (Å²) >= 11 is 11.9. The minimum absolute atomic E-state index is 0.0872. The topological polar surface area (TPSA) is 70.1 Å². The second-order valence-corrected chi connectivity index (χ2v) is 9.34. The van der Waals surface area contributed by atoms with Gasteiger partial charge >= 0.3 is 0 Å². The Balaban J connectivity index is 1.47. The molecule has 2 aromatic carbocycles. The number of piperazine rings is 1. The summed E-state index contributed by atoms with van der Waals surface area (Å²) in [5.41, 5.74) is 0. The zero-order valence-electron chi connectivity index (χ0n) is 15.2. The van der Waals surface area contributed by atoms with E-state index in [0.717, 1.165) is 0 Å². The fraction of sp³-hybridized carbons (Fsp3) is 0.368. The SMILES string of the molecule is O=S(=O)(c1ccccc1)N1CCN(CC(O)COc2ccc(Cl)cc2Cl)CC1. The van der Waals surface area contributed by atoms with Gasteiger partial charge in [0.25, 0.3) is 0 Å². The molecule has 1 aliphatic heterocycles. The summed E-state index contributed by atoms with van der Waals surface area (Å²) in [6.07, 6.45) is -0.718. The second-order valence-electron chi connectivity index (χ2n) is 6.56. The van der Waals surface area contributed by atoms with Crippen molar-refractivity contribution in [3.8, 4) is 5.75 Å². The van der Waals surface area contributed by atoms with Crippen molar-refractivity contribution in [2.24, 2.45) is 0 Å². The second kappa shape index (κ2) is 9.43. The summed E-state index contributed by atoms with van der Waals surface area (Å²) in [5, 5.41) is 11.1. The van der Waals surface area contributed by atoms with Crippen molar-refractivity contribution in [3.05, 3.63) is 58.6 Å².